The highest BCUT2D eigenvalue weighted by Gasteiger charge is 2.38. The van der Waals surface area contributed by atoms with Crippen molar-refractivity contribution in [3.63, 3.8) is 0 Å². The minimum atomic E-state index is -1.42. The fourth-order valence-electron chi connectivity index (χ4n) is 14.4. The predicted octanol–water partition coefficient (Wildman–Crippen LogP) is 18.1. The molecule has 0 bridgehead atoms. The van der Waals surface area contributed by atoms with E-state index in [1.165, 1.54) is 288 Å². The van der Waals surface area contributed by atoms with Crippen LogP contribution in [0.2, 0.25) is 0 Å². The molecule has 2 aromatic carbocycles. The van der Waals surface area contributed by atoms with Crippen LogP contribution in [0.15, 0.2) is 48.5 Å². The average molecular weight is 1570 g/mol. The Morgan fingerprint density at radius 3 is 1.02 bits per heavy atom. The van der Waals surface area contributed by atoms with Gasteiger partial charge in [-0.25, -0.2) is 14.3 Å². The number of nitrogens with one attached hydrogen (secondary N) is 3. The molecule has 1 aliphatic carbocycles. The molecule has 1 heterocycles. The maximum Gasteiger partial charge on any atom is 0.527 e. The standard InChI is InChI=1S/C57H104N4O6.C23H48N2O.C8H4O3.C5H10.ClH/c1-7-9-11-13-15-17-19-21-23-25-27-29-31-33-35-43-54(62)58-45-39-47-60(3,4)49-51(67-57(66)53-42-38-37-41-52(53)56(64)65)50-61(5,6)48-40-46-59-55(63)44-36-34-32-30-28-26-24-22-20-18-16-14-12-10-8-2;1-4-5-6-7-8-9-10-11-12-13-14-15-16-17-18-20-23(26)24-21-19-22-25(2)3;9-7-5-3-1-2-4-6(5)8(10)11-7;1-2-5-3-4-5;/h37-38,41-42,51H,7-36,39-40,43-50H2,1-6H3,(H-2,58,59,62,63,64,65);4-22H2,1-3H3,(H,24,26);1-4H;5H,2-4H2,1H3;1H/p+1. The third kappa shape index (κ3) is 63.5. The van der Waals surface area contributed by atoms with E-state index in [4.69, 9.17) is 9.53 Å². The molecule has 1 saturated carbocycles. The third-order valence-corrected chi connectivity index (χ3v) is 21.5. The normalized spacial score (nSPS) is 12.4. The molecule has 0 aromatic heterocycles. The number of ether oxygens (including phenoxy) is 2. The van der Waals surface area contributed by atoms with E-state index in [0.717, 1.165) is 83.5 Å². The summed E-state index contributed by atoms with van der Waals surface area (Å²) < 4.78 is 11.7. The monoisotopic (exact) mass is 1560 g/mol. The van der Waals surface area contributed by atoms with Gasteiger partial charge in [-0.15, -0.1) is 0 Å². The first kappa shape index (κ1) is 105. The molecule has 4 rings (SSSR count). The SMILES string of the molecule is CCC1CC1.CCCCCCCCCCCCCCCCCC(=O)NCCCN(C)C.CCCCCCCCCCCCCCCCCC(=O)NCCC[N+](C)(C)CC(C[N+](C)(C)CCCNC(=O)CCCCCCCCCCCCCCCCC)OC(=O)c1ccccc1C(=O)[O-].O=C1OC(=[OH+])c2ccccc21.[Cl-]. The Morgan fingerprint density at radius 1 is 0.445 bits per heavy atom. The van der Waals surface area contributed by atoms with Crippen molar-refractivity contribution in [3.8, 4) is 0 Å². The number of cyclic esters (lactones) is 2. The third-order valence-electron chi connectivity index (χ3n) is 21.5. The van der Waals surface area contributed by atoms with Crippen LogP contribution in [-0.2, 0) is 23.9 Å². The molecule has 0 radical (unpaired) electrons. The maximum atomic E-state index is 13.5. The number of carbonyl (C=O) groups is 6. The van der Waals surface area contributed by atoms with Crippen molar-refractivity contribution < 1.29 is 69.5 Å². The lowest BCUT2D eigenvalue weighted by molar-refractivity contribution is -0.914. The molecule has 4 N–H and O–H groups in total. The number of carboxylic acids is 1. The number of aromatic carboxylic acids is 1. The van der Waals surface area contributed by atoms with Gasteiger partial charge in [0.05, 0.1) is 52.8 Å². The maximum absolute atomic E-state index is 13.5. The lowest BCUT2D eigenvalue weighted by Gasteiger charge is -2.37. The van der Waals surface area contributed by atoms with Gasteiger partial charge in [-0.3, -0.25) is 14.4 Å². The van der Waals surface area contributed by atoms with Crippen molar-refractivity contribution in [3.05, 3.63) is 70.8 Å². The van der Waals surface area contributed by atoms with Gasteiger partial charge in [-0.1, -0.05) is 347 Å². The van der Waals surface area contributed by atoms with Crippen LogP contribution in [0, 0.1) is 5.92 Å². The summed E-state index contributed by atoms with van der Waals surface area (Å²) in [4.78, 5) is 84.3. The molecule has 0 spiro atoms. The lowest BCUT2D eigenvalue weighted by atomic mass is 10.0. The predicted molar refractivity (Wildman–Crippen MR) is 455 cm³/mol. The second-order valence-electron chi connectivity index (χ2n) is 33.6. The number of quaternary nitrogens is 2. The highest BCUT2D eigenvalue weighted by molar-refractivity contribution is 6.14. The lowest BCUT2D eigenvalue weighted by Crippen LogP contribution is -3.00. The number of carbonyl (C=O) groups excluding carboxylic acids is 7. The Bertz CT molecular complexity index is 2500. The molecule has 16 nitrogen and oxygen atoms in total. The average Bonchev–Trinajstić information content (AvgIpc) is 1.38. The van der Waals surface area contributed by atoms with Crippen LogP contribution >= 0.6 is 0 Å². The summed E-state index contributed by atoms with van der Waals surface area (Å²) in [6, 6.07) is 12.7. The number of unbranched alkanes of at least 4 members (excludes halogenated alkanes) is 42. The first-order valence-electron chi connectivity index (χ1n) is 45.2. The number of fused-ring (bicyclic) bond motifs is 1. The quantitative estimate of drug-likeness (QED) is 0.0188. The van der Waals surface area contributed by atoms with Crippen molar-refractivity contribution in [2.45, 2.75) is 381 Å². The number of rotatable bonds is 68. The zero-order valence-corrected chi connectivity index (χ0v) is 73.2. The van der Waals surface area contributed by atoms with Crippen LogP contribution in [0.3, 0.4) is 0 Å². The smallest absolute Gasteiger partial charge is 0.527 e. The van der Waals surface area contributed by atoms with Crippen LogP contribution in [0.1, 0.15) is 411 Å². The van der Waals surface area contributed by atoms with E-state index in [1.54, 1.807) is 36.4 Å². The molecule has 3 amide bonds. The number of halogens is 1. The number of benzene rings is 2. The number of hydrogen-bond acceptors (Lipinski definition) is 10. The molecular formula is C93H168ClN6O10+. The topological polar surface area (TPSA) is 205 Å². The van der Waals surface area contributed by atoms with Crippen LogP contribution in [0.5, 0.6) is 0 Å². The Balaban J connectivity index is 0.00000221. The van der Waals surface area contributed by atoms with Gasteiger partial charge in [0.15, 0.2) is 6.10 Å². The van der Waals surface area contributed by atoms with Gasteiger partial charge < -0.3 is 61.7 Å². The Hall–Kier alpha value is -4.90. The van der Waals surface area contributed by atoms with Gasteiger partial charge in [-0.05, 0) is 70.4 Å². The number of esters is 3. The minimum absolute atomic E-state index is 0. The summed E-state index contributed by atoms with van der Waals surface area (Å²) in [5.74, 6) is -1.30. The summed E-state index contributed by atoms with van der Waals surface area (Å²) in [5.41, 5.74) is 0.688. The van der Waals surface area contributed by atoms with Crippen LogP contribution in [0.4, 0.5) is 0 Å². The molecule has 0 atom stereocenters. The molecule has 0 saturated heterocycles. The number of amides is 3. The van der Waals surface area contributed by atoms with E-state index in [1.807, 2.05) is 0 Å². The Kier molecular flexibility index (Phi) is 68.6. The van der Waals surface area contributed by atoms with Gasteiger partial charge in [-0.2, -0.15) is 0 Å². The molecular weight excluding hydrogens is 1400 g/mol. The first-order valence-corrected chi connectivity index (χ1v) is 45.2. The van der Waals surface area contributed by atoms with Gasteiger partial charge in [0.1, 0.15) is 24.2 Å². The zero-order chi connectivity index (χ0) is 80.1. The van der Waals surface area contributed by atoms with Crippen LogP contribution < -0.4 is 33.5 Å². The fourth-order valence-corrected chi connectivity index (χ4v) is 14.4. The second kappa shape index (κ2) is 71.8. The van der Waals surface area contributed by atoms with E-state index in [2.05, 4.69) is 95.6 Å². The van der Waals surface area contributed by atoms with Gasteiger partial charge in [0, 0.05) is 57.3 Å². The molecule has 636 valence electrons. The summed E-state index contributed by atoms with van der Waals surface area (Å²) in [6.45, 7) is 14.7. The zero-order valence-electron chi connectivity index (χ0n) is 72.5. The van der Waals surface area contributed by atoms with Crippen molar-refractivity contribution >= 4 is 41.6 Å². The van der Waals surface area contributed by atoms with Gasteiger partial charge in [0.2, 0.25) is 17.7 Å². The van der Waals surface area contributed by atoms with E-state index < -0.39 is 24.0 Å². The van der Waals surface area contributed by atoms with Crippen molar-refractivity contribution in [2.24, 2.45) is 5.92 Å². The van der Waals surface area contributed by atoms with E-state index in [9.17, 15) is 33.9 Å². The first-order chi connectivity index (χ1) is 52.7. The molecule has 17 heteroatoms. The summed E-state index contributed by atoms with van der Waals surface area (Å²) >= 11 is 0. The van der Waals surface area contributed by atoms with E-state index >= 15 is 0 Å². The summed E-state index contributed by atoms with van der Waals surface area (Å²) in [7, 11) is 12.5. The number of nitrogens with zero attached hydrogens (tertiary/aromatic N) is 3. The van der Waals surface area contributed by atoms with Crippen molar-refractivity contribution in [1.82, 2.24) is 20.9 Å². The molecule has 1 aliphatic heterocycles. The van der Waals surface area contributed by atoms with Crippen LogP contribution in [0.25, 0.3) is 0 Å². The van der Waals surface area contributed by atoms with E-state index in [0.29, 0.717) is 65.5 Å². The largest absolute Gasteiger partial charge is 1.00 e. The Labute approximate surface area is 680 Å². The minimum Gasteiger partial charge on any atom is -1.00 e. The number of hydrogen-bond donors (Lipinski definition) is 3. The highest BCUT2D eigenvalue weighted by atomic mass is 35.5. The summed E-state index contributed by atoms with van der Waals surface area (Å²) in [6.07, 6.45) is 68.0. The molecule has 0 unspecified atom stereocenters. The molecule has 110 heavy (non-hydrogen) atoms. The second-order valence-corrected chi connectivity index (χ2v) is 33.6. The molecule has 1 fully saturated rings. The highest BCUT2D eigenvalue weighted by Crippen LogP contribution is 2.31. The summed E-state index contributed by atoms with van der Waals surface area (Å²) in [5, 5.41) is 21.1. The fraction of sp³-hybridized carbons (Fsp3) is 0.796. The van der Waals surface area contributed by atoms with Gasteiger partial charge in [0.25, 0.3) is 0 Å². The van der Waals surface area contributed by atoms with Gasteiger partial charge >= 0.3 is 17.9 Å². The van der Waals surface area contributed by atoms with Crippen molar-refractivity contribution in [1.29, 1.82) is 0 Å². The van der Waals surface area contributed by atoms with E-state index in [-0.39, 0.29) is 47.2 Å². The van der Waals surface area contributed by atoms with Crippen molar-refractivity contribution in [2.75, 3.05) is 94.6 Å². The number of likely N-dealkylation sites (N-methyl/N-ethyl adjacent to an activating group) is 2. The molecule has 2 aliphatic rings. The molecule has 2 aromatic rings. The Morgan fingerprint density at radius 2 is 0.736 bits per heavy atom. The number of carboxylic acid groups (broad SMARTS) is 1. The van der Waals surface area contributed by atoms with Crippen LogP contribution in [-0.4, -0.2) is 161 Å².